The number of rotatable bonds is 4. The number of nitrogens with one attached hydrogen (secondary N) is 2. The molecule has 7 nitrogen and oxygen atoms in total. The monoisotopic (exact) mass is 372 g/mol. The van der Waals surface area contributed by atoms with Crippen LogP contribution in [0.3, 0.4) is 0 Å². The number of aryl methyl sites for hydroxylation is 1. The lowest BCUT2D eigenvalue weighted by Gasteiger charge is -2.33. The molecule has 0 bridgehead atoms. The topological polar surface area (TPSA) is 101 Å². The van der Waals surface area contributed by atoms with Crippen LogP contribution in [-0.4, -0.2) is 57.4 Å². The number of H-pyrrole nitrogens is 1. The lowest BCUT2D eigenvalue weighted by Crippen LogP contribution is -2.40. The molecule has 1 fully saturated rings. The third-order valence-corrected chi connectivity index (χ3v) is 5.85. The van der Waals surface area contributed by atoms with Gasteiger partial charge in [-0.2, -0.15) is 0 Å². The highest BCUT2D eigenvalue weighted by atomic mass is 16.3. The highest BCUT2D eigenvalue weighted by molar-refractivity contribution is 5.90. The van der Waals surface area contributed by atoms with Gasteiger partial charge in [0.25, 0.3) is 5.56 Å². The number of hydrogen-bond acceptors (Lipinski definition) is 6. The van der Waals surface area contributed by atoms with E-state index in [-0.39, 0.29) is 12.4 Å². The number of likely N-dealkylation sites (tertiary alicyclic amines) is 1. The van der Waals surface area contributed by atoms with Crippen LogP contribution in [0.4, 0.5) is 5.69 Å². The van der Waals surface area contributed by atoms with E-state index in [4.69, 9.17) is 10.1 Å². The van der Waals surface area contributed by atoms with Gasteiger partial charge in [-0.25, -0.2) is 0 Å². The molecule has 3 heterocycles. The zero-order valence-corrected chi connectivity index (χ0v) is 15.6. The molecule has 4 N–H and O–H groups in total. The predicted octanol–water partition coefficient (Wildman–Crippen LogP) is 1.77. The molecule has 2 aromatic heterocycles. The number of anilines is 1. The fourth-order valence-electron chi connectivity index (χ4n) is 4.35. The number of aromatic amines is 1. The maximum Gasteiger partial charge on any atom is 0.290 e. The molecule has 4 rings (SSSR count). The Morgan fingerprint density at radius 1 is 1.22 bits per heavy atom. The molecular formula is C20H28N4O3. The number of nitrogens with zero attached hydrogens (tertiary/aromatic N) is 2. The molecule has 0 amide bonds. The Bertz CT molecular complexity index is 872. The van der Waals surface area contributed by atoms with Gasteiger partial charge in [-0.05, 0) is 44.1 Å². The highest BCUT2D eigenvalue weighted by Gasteiger charge is 2.23. The van der Waals surface area contributed by atoms with Crippen LogP contribution in [-0.2, 0) is 12.8 Å². The summed E-state index contributed by atoms with van der Waals surface area (Å²) >= 11 is 0. The van der Waals surface area contributed by atoms with Crippen molar-refractivity contribution >= 4 is 16.7 Å². The quantitative estimate of drug-likeness (QED) is 0.610. The van der Waals surface area contributed by atoms with E-state index < -0.39 is 5.56 Å². The molecule has 1 aliphatic carbocycles. The summed E-state index contributed by atoms with van der Waals surface area (Å²) in [5.74, 6) is -0.285. The molecule has 2 aromatic rings. The van der Waals surface area contributed by atoms with Gasteiger partial charge < -0.3 is 25.4 Å². The molecule has 0 unspecified atom stereocenters. The maximum atomic E-state index is 12.0. The molecule has 0 aromatic carbocycles. The Kier molecular flexibility index (Phi) is 5.31. The van der Waals surface area contributed by atoms with Crippen molar-refractivity contribution in [3.8, 4) is 5.75 Å². The standard InChI is InChI=1S/C20H28N4O3/c25-11-10-24-8-6-13(7-9-24)21-18-14-4-2-1-3-5-15(14)22-16-12-17(26)20(27)23-19(16)18/h12-13,25-26H,1-11H2,(H,21,22)(H,23,27). The summed E-state index contributed by atoms with van der Waals surface area (Å²) < 4.78 is 0. The Labute approximate surface area is 158 Å². The first-order valence-corrected chi connectivity index (χ1v) is 10.0. The SMILES string of the molecule is O=c1[nH]c2c(NC3CCN(CCO)CC3)c3c(nc2cc1O)CCCCC3. The van der Waals surface area contributed by atoms with Crippen molar-refractivity contribution in [2.24, 2.45) is 0 Å². The van der Waals surface area contributed by atoms with Gasteiger partial charge in [-0.1, -0.05) is 6.42 Å². The molecular weight excluding hydrogens is 344 g/mol. The van der Waals surface area contributed by atoms with Crippen LogP contribution in [0.15, 0.2) is 10.9 Å². The maximum absolute atomic E-state index is 12.0. The van der Waals surface area contributed by atoms with Crippen molar-refractivity contribution in [3.05, 3.63) is 27.7 Å². The van der Waals surface area contributed by atoms with E-state index in [2.05, 4.69) is 15.2 Å². The number of piperidine rings is 1. The third kappa shape index (κ3) is 3.80. The summed E-state index contributed by atoms with van der Waals surface area (Å²) in [4.78, 5) is 21.9. The van der Waals surface area contributed by atoms with Gasteiger partial charge in [0, 0.05) is 37.4 Å². The first-order valence-electron chi connectivity index (χ1n) is 10.0. The minimum atomic E-state index is -0.473. The molecule has 0 saturated carbocycles. The molecule has 0 atom stereocenters. The Hall–Kier alpha value is -2.12. The van der Waals surface area contributed by atoms with Crippen LogP contribution in [0.2, 0.25) is 0 Å². The number of aromatic hydroxyl groups is 1. The van der Waals surface area contributed by atoms with Crippen LogP contribution in [0.1, 0.15) is 43.4 Å². The van der Waals surface area contributed by atoms with Gasteiger partial charge in [0.15, 0.2) is 5.75 Å². The predicted molar refractivity (Wildman–Crippen MR) is 105 cm³/mol. The average Bonchev–Trinajstić information content (AvgIpc) is 2.90. The lowest BCUT2D eigenvalue weighted by molar-refractivity contribution is 0.168. The number of fused-ring (bicyclic) bond motifs is 2. The molecule has 7 heteroatoms. The largest absolute Gasteiger partial charge is 0.503 e. The Morgan fingerprint density at radius 2 is 2.00 bits per heavy atom. The van der Waals surface area contributed by atoms with Gasteiger partial charge in [0.2, 0.25) is 0 Å². The number of aliphatic hydroxyl groups excluding tert-OH is 1. The summed E-state index contributed by atoms with van der Waals surface area (Å²) in [6, 6.07) is 1.81. The van der Waals surface area contributed by atoms with E-state index in [1.54, 1.807) is 0 Å². The summed E-state index contributed by atoms with van der Waals surface area (Å²) in [6.07, 6.45) is 7.35. The van der Waals surface area contributed by atoms with Crippen molar-refractivity contribution in [3.63, 3.8) is 0 Å². The van der Waals surface area contributed by atoms with E-state index in [9.17, 15) is 9.90 Å². The first-order chi connectivity index (χ1) is 13.2. The second-order valence-electron chi connectivity index (χ2n) is 7.70. The van der Waals surface area contributed by atoms with Crippen molar-refractivity contribution in [1.82, 2.24) is 14.9 Å². The van der Waals surface area contributed by atoms with Crippen LogP contribution in [0, 0.1) is 0 Å². The molecule has 0 radical (unpaired) electrons. The minimum absolute atomic E-state index is 0.200. The molecule has 1 saturated heterocycles. The molecule has 2 aliphatic rings. The lowest BCUT2D eigenvalue weighted by atomic mass is 10.0. The number of β-amino-alcohol motifs (C(OH)–C–C–N with tert-alkyl or cyclic N) is 1. The van der Waals surface area contributed by atoms with Crippen molar-refractivity contribution < 1.29 is 10.2 Å². The smallest absolute Gasteiger partial charge is 0.290 e. The van der Waals surface area contributed by atoms with Crippen LogP contribution < -0.4 is 10.9 Å². The van der Waals surface area contributed by atoms with Crippen molar-refractivity contribution in [1.29, 1.82) is 0 Å². The van der Waals surface area contributed by atoms with E-state index >= 15 is 0 Å². The number of hydrogen-bond donors (Lipinski definition) is 4. The van der Waals surface area contributed by atoms with Crippen LogP contribution >= 0.6 is 0 Å². The Morgan fingerprint density at radius 3 is 2.78 bits per heavy atom. The second kappa shape index (κ2) is 7.86. The summed E-state index contributed by atoms with van der Waals surface area (Å²) in [5.41, 5.74) is 4.18. The van der Waals surface area contributed by atoms with Crippen molar-refractivity contribution in [2.75, 3.05) is 31.6 Å². The summed E-state index contributed by atoms with van der Waals surface area (Å²) in [7, 11) is 0. The summed E-state index contributed by atoms with van der Waals surface area (Å²) in [5, 5.41) is 22.7. The fraction of sp³-hybridized carbons (Fsp3) is 0.600. The normalized spacial score (nSPS) is 19.0. The summed E-state index contributed by atoms with van der Waals surface area (Å²) in [6.45, 7) is 2.85. The fourth-order valence-corrected chi connectivity index (χ4v) is 4.35. The Balaban J connectivity index is 1.70. The van der Waals surface area contributed by atoms with Gasteiger partial charge >= 0.3 is 0 Å². The zero-order chi connectivity index (χ0) is 18.8. The minimum Gasteiger partial charge on any atom is -0.503 e. The highest BCUT2D eigenvalue weighted by Crippen LogP contribution is 2.33. The van der Waals surface area contributed by atoms with Crippen molar-refractivity contribution in [2.45, 2.75) is 51.0 Å². The molecule has 1 aliphatic heterocycles. The van der Waals surface area contributed by atoms with Crippen LogP contribution in [0.5, 0.6) is 5.75 Å². The number of aromatic nitrogens is 2. The van der Waals surface area contributed by atoms with Gasteiger partial charge in [0.05, 0.1) is 23.3 Å². The second-order valence-corrected chi connectivity index (χ2v) is 7.70. The van der Waals surface area contributed by atoms with E-state index in [1.807, 2.05) is 0 Å². The molecule has 146 valence electrons. The van der Waals surface area contributed by atoms with Gasteiger partial charge in [0.1, 0.15) is 0 Å². The number of pyridine rings is 2. The van der Waals surface area contributed by atoms with Gasteiger partial charge in [-0.3, -0.25) is 9.78 Å². The third-order valence-electron chi connectivity index (χ3n) is 5.85. The van der Waals surface area contributed by atoms with E-state index in [0.29, 0.717) is 17.1 Å². The van der Waals surface area contributed by atoms with Gasteiger partial charge in [-0.15, -0.1) is 0 Å². The molecule has 0 spiro atoms. The number of aliphatic hydroxyl groups is 1. The van der Waals surface area contributed by atoms with E-state index in [1.165, 1.54) is 18.1 Å². The van der Waals surface area contributed by atoms with E-state index in [0.717, 1.165) is 69.5 Å². The molecule has 27 heavy (non-hydrogen) atoms. The zero-order valence-electron chi connectivity index (χ0n) is 15.6. The average molecular weight is 372 g/mol. The van der Waals surface area contributed by atoms with Crippen LogP contribution in [0.25, 0.3) is 11.0 Å². The first kappa shape index (κ1) is 18.3.